The van der Waals surface area contributed by atoms with Crippen LogP contribution in [0.5, 0.6) is 11.5 Å². The van der Waals surface area contributed by atoms with Crippen LogP contribution in [0.4, 0.5) is 0 Å². The minimum Gasteiger partial charge on any atom is -0.508 e. The van der Waals surface area contributed by atoms with Gasteiger partial charge in [-0.15, -0.1) is 0 Å². The van der Waals surface area contributed by atoms with Crippen molar-refractivity contribution in [3.05, 3.63) is 59.7 Å². The van der Waals surface area contributed by atoms with E-state index in [9.17, 15) is 5.11 Å². The van der Waals surface area contributed by atoms with Crippen LogP contribution < -0.4 is 4.74 Å². The van der Waals surface area contributed by atoms with Crippen molar-refractivity contribution in [1.82, 2.24) is 0 Å². The van der Waals surface area contributed by atoms with Gasteiger partial charge in [-0.1, -0.05) is 51.5 Å². The molecule has 2 aromatic carbocycles. The Bertz CT molecular complexity index is 586. The van der Waals surface area contributed by atoms with Gasteiger partial charge in [0.1, 0.15) is 11.5 Å². The zero-order chi connectivity index (χ0) is 16.8. The molecule has 0 saturated carbocycles. The second-order valence-corrected chi connectivity index (χ2v) is 6.24. The van der Waals surface area contributed by atoms with E-state index in [4.69, 9.17) is 4.74 Å². The normalized spacial score (nSPS) is 15.0. The molecule has 1 N–H and O–H groups in total. The topological polar surface area (TPSA) is 29.5 Å². The minimum absolute atomic E-state index is 0.333. The Balaban J connectivity index is 2.25. The summed E-state index contributed by atoms with van der Waals surface area (Å²) in [5.41, 5.74) is 2.67. The number of phenols is 1. The summed E-state index contributed by atoms with van der Waals surface area (Å²) in [6, 6.07) is 16.1. The van der Waals surface area contributed by atoms with Gasteiger partial charge in [0.25, 0.3) is 0 Å². The Morgan fingerprint density at radius 3 is 1.91 bits per heavy atom. The van der Waals surface area contributed by atoms with Crippen LogP contribution in [0.3, 0.4) is 0 Å². The summed E-state index contributed by atoms with van der Waals surface area (Å²) in [6.07, 6.45) is 2.23. The lowest BCUT2D eigenvalue weighted by atomic mass is 9.73. The zero-order valence-corrected chi connectivity index (χ0v) is 14.6. The number of benzene rings is 2. The van der Waals surface area contributed by atoms with E-state index in [0.717, 1.165) is 18.6 Å². The van der Waals surface area contributed by atoms with Gasteiger partial charge in [-0.3, -0.25) is 0 Å². The molecule has 2 aromatic rings. The zero-order valence-electron chi connectivity index (χ0n) is 14.6. The number of hydrogen-bond acceptors (Lipinski definition) is 2. The Kier molecular flexibility index (Phi) is 6.09. The van der Waals surface area contributed by atoms with Crippen molar-refractivity contribution in [2.45, 2.75) is 45.4 Å². The van der Waals surface area contributed by atoms with Gasteiger partial charge in [0.05, 0.1) is 7.11 Å². The highest BCUT2D eigenvalue weighted by atomic mass is 16.5. The third-order valence-electron chi connectivity index (χ3n) is 5.03. The van der Waals surface area contributed by atoms with E-state index in [1.807, 2.05) is 12.1 Å². The number of hydrogen-bond donors (Lipinski definition) is 1. The second kappa shape index (κ2) is 8.05. The smallest absolute Gasteiger partial charge is 0.118 e. The van der Waals surface area contributed by atoms with E-state index < -0.39 is 0 Å². The van der Waals surface area contributed by atoms with Crippen molar-refractivity contribution in [3.63, 3.8) is 0 Å². The monoisotopic (exact) mass is 312 g/mol. The van der Waals surface area contributed by atoms with E-state index in [1.165, 1.54) is 11.1 Å². The lowest BCUT2D eigenvalue weighted by Crippen LogP contribution is -2.18. The minimum atomic E-state index is 0.333. The van der Waals surface area contributed by atoms with Gasteiger partial charge in [-0.25, -0.2) is 0 Å². The first-order valence-electron chi connectivity index (χ1n) is 8.53. The molecule has 0 fully saturated rings. The molecule has 124 valence electrons. The first-order chi connectivity index (χ1) is 11.1. The predicted molar refractivity (Wildman–Crippen MR) is 96.3 cm³/mol. The summed E-state index contributed by atoms with van der Waals surface area (Å²) in [5.74, 6) is 2.78. The van der Waals surface area contributed by atoms with E-state index in [1.54, 1.807) is 19.2 Å². The molecule has 0 aliphatic heterocycles. The maximum Gasteiger partial charge on any atom is 0.118 e. The molecule has 0 bridgehead atoms. The van der Waals surface area contributed by atoms with Crippen LogP contribution >= 0.6 is 0 Å². The summed E-state index contributed by atoms with van der Waals surface area (Å²) >= 11 is 0. The molecule has 0 heterocycles. The maximum atomic E-state index is 9.53. The molecule has 2 nitrogen and oxygen atoms in total. The number of rotatable bonds is 7. The SMILES string of the molecule is CCC(c1ccc(O)cc1)C(CC)C(C)c1ccc(OC)cc1. The van der Waals surface area contributed by atoms with Crippen LogP contribution in [-0.4, -0.2) is 12.2 Å². The highest BCUT2D eigenvalue weighted by molar-refractivity contribution is 5.32. The molecular weight excluding hydrogens is 284 g/mol. The van der Waals surface area contributed by atoms with Crippen molar-refractivity contribution in [2.75, 3.05) is 7.11 Å². The lowest BCUT2D eigenvalue weighted by Gasteiger charge is -2.31. The fourth-order valence-electron chi connectivity index (χ4n) is 3.65. The molecule has 2 heteroatoms. The summed E-state index contributed by atoms with van der Waals surface area (Å²) in [5, 5.41) is 9.53. The van der Waals surface area contributed by atoms with Gasteiger partial charge >= 0.3 is 0 Å². The summed E-state index contributed by atoms with van der Waals surface area (Å²) in [7, 11) is 1.70. The molecule has 0 amide bonds. The lowest BCUT2D eigenvalue weighted by molar-refractivity contribution is 0.345. The highest BCUT2D eigenvalue weighted by Gasteiger charge is 2.26. The Hall–Kier alpha value is -1.96. The molecule has 3 atom stereocenters. The molecule has 0 saturated heterocycles. The first-order valence-corrected chi connectivity index (χ1v) is 8.53. The van der Waals surface area contributed by atoms with Gasteiger partial charge in [-0.2, -0.15) is 0 Å². The van der Waals surface area contributed by atoms with Crippen molar-refractivity contribution in [2.24, 2.45) is 5.92 Å². The largest absolute Gasteiger partial charge is 0.508 e. The Labute approximate surface area is 140 Å². The van der Waals surface area contributed by atoms with Crippen LogP contribution in [0.1, 0.15) is 56.6 Å². The van der Waals surface area contributed by atoms with Gasteiger partial charge < -0.3 is 9.84 Å². The predicted octanol–water partition coefficient (Wildman–Crippen LogP) is 5.72. The molecule has 23 heavy (non-hydrogen) atoms. The third kappa shape index (κ3) is 4.07. The Morgan fingerprint density at radius 2 is 1.43 bits per heavy atom. The number of aromatic hydroxyl groups is 1. The van der Waals surface area contributed by atoms with Crippen molar-refractivity contribution in [3.8, 4) is 11.5 Å². The first kappa shape index (κ1) is 17.4. The standard InChI is InChI=1S/C21H28O2/c1-5-20(15(3)16-9-13-19(23-4)14-10-16)21(6-2)17-7-11-18(22)12-8-17/h7-15,20-22H,5-6H2,1-4H3. The van der Waals surface area contributed by atoms with E-state index in [2.05, 4.69) is 45.0 Å². The average Bonchev–Trinajstić information content (AvgIpc) is 2.60. The van der Waals surface area contributed by atoms with Gasteiger partial charge in [0, 0.05) is 0 Å². The summed E-state index contributed by atoms with van der Waals surface area (Å²) in [4.78, 5) is 0. The summed E-state index contributed by atoms with van der Waals surface area (Å²) in [6.45, 7) is 6.84. The molecule has 3 unspecified atom stereocenters. The van der Waals surface area contributed by atoms with Crippen molar-refractivity contribution in [1.29, 1.82) is 0 Å². The van der Waals surface area contributed by atoms with Crippen LogP contribution in [0.25, 0.3) is 0 Å². The fraction of sp³-hybridized carbons (Fsp3) is 0.429. The van der Waals surface area contributed by atoms with E-state index >= 15 is 0 Å². The molecule has 0 aromatic heterocycles. The quantitative estimate of drug-likeness (QED) is 0.708. The number of phenolic OH excluding ortho intramolecular Hbond substituents is 1. The van der Waals surface area contributed by atoms with Crippen LogP contribution in [0, 0.1) is 5.92 Å². The molecule has 0 aliphatic carbocycles. The van der Waals surface area contributed by atoms with Crippen LogP contribution in [0.2, 0.25) is 0 Å². The second-order valence-electron chi connectivity index (χ2n) is 6.24. The number of ether oxygens (including phenoxy) is 1. The maximum absolute atomic E-state index is 9.53. The summed E-state index contributed by atoms with van der Waals surface area (Å²) < 4.78 is 5.26. The number of methoxy groups -OCH3 is 1. The molecule has 0 radical (unpaired) electrons. The molecular formula is C21H28O2. The molecule has 0 aliphatic rings. The highest BCUT2D eigenvalue weighted by Crippen LogP contribution is 2.40. The van der Waals surface area contributed by atoms with Crippen LogP contribution in [-0.2, 0) is 0 Å². The average molecular weight is 312 g/mol. The van der Waals surface area contributed by atoms with Crippen molar-refractivity contribution >= 4 is 0 Å². The van der Waals surface area contributed by atoms with Crippen molar-refractivity contribution < 1.29 is 9.84 Å². The fourth-order valence-corrected chi connectivity index (χ4v) is 3.65. The van der Waals surface area contributed by atoms with E-state index in [-0.39, 0.29) is 0 Å². The third-order valence-corrected chi connectivity index (χ3v) is 5.03. The van der Waals surface area contributed by atoms with Crippen LogP contribution in [0.15, 0.2) is 48.5 Å². The van der Waals surface area contributed by atoms with Gasteiger partial charge in [0.2, 0.25) is 0 Å². The molecule has 0 spiro atoms. The van der Waals surface area contributed by atoms with Gasteiger partial charge in [0.15, 0.2) is 0 Å². The Morgan fingerprint density at radius 1 is 0.870 bits per heavy atom. The molecule has 2 rings (SSSR count). The van der Waals surface area contributed by atoms with E-state index in [0.29, 0.717) is 23.5 Å². The van der Waals surface area contributed by atoms with Gasteiger partial charge in [-0.05, 0) is 59.6 Å².